The molecule has 240 valence electrons. The van der Waals surface area contributed by atoms with E-state index in [1.807, 2.05) is 68.2 Å². The van der Waals surface area contributed by atoms with Crippen LogP contribution < -0.4 is 5.56 Å². The Kier molecular flexibility index (Phi) is 11.1. The number of nitrogens with zero attached hydrogens (tertiary/aromatic N) is 5. The molecule has 1 atom stereocenters. The number of alkyl halides is 3. The van der Waals surface area contributed by atoms with Gasteiger partial charge in [0, 0.05) is 19.0 Å². The van der Waals surface area contributed by atoms with Crippen LogP contribution in [0.2, 0.25) is 0 Å². The van der Waals surface area contributed by atoms with Crippen molar-refractivity contribution >= 4 is 11.5 Å². The number of piperidine rings is 1. The van der Waals surface area contributed by atoms with Crippen LogP contribution in [0.4, 0.5) is 13.2 Å². The third-order valence-corrected chi connectivity index (χ3v) is 8.38. The second kappa shape index (κ2) is 14.8. The summed E-state index contributed by atoms with van der Waals surface area (Å²) in [6.07, 6.45) is 2.19. The molecule has 1 aliphatic rings. The molecule has 4 rings (SSSR count). The first-order valence-corrected chi connectivity index (χ1v) is 15.3. The number of rotatable bonds is 10. The van der Waals surface area contributed by atoms with Gasteiger partial charge in [-0.15, -0.1) is 0 Å². The Balaban J connectivity index is 1.58. The number of carbonyl (C=O) groups is 1. The molecule has 1 amide bonds. The lowest BCUT2D eigenvalue weighted by Gasteiger charge is -2.39. The molecule has 7 nitrogen and oxygen atoms in total. The second-order valence-electron chi connectivity index (χ2n) is 12.0. The number of carbonyl (C=O) groups excluding carboxylic acids is 1. The lowest BCUT2D eigenvalue weighted by Crippen LogP contribution is -2.49. The van der Waals surface area contributed by atoms with E-state index in [-0.39, 0.29) is 17.6 Å². The molecule has 2 aromatic carbocycles. The largest absolute Gasteiger partial charge is 0.416 e. The molecule has 45 heavy (non-hydrogen) atoms. The molecule has 1 aromatic heterocycles. The van der Waals surface area contributed by atoms with Gasteiger partial charge in [0.05, 0.1) is 5.56 Å². The Morgan fingerprint density at radius 3 is 2.29 bits per heavy atom. The number of aryl methyl sites for hydroxylation is 3. The molecule has 0 radical (unpaired) electrons. The van der Waals surface area contributed by atoms with Crippen LogP contribution in [0.3, 0.4) is 0 Å². The Morgan fingerprint density at radius 1 is 1.02 bits per heavy atom. The quantitative estimate of drug-likeness (QED) is 0.249. The van der Waals surface area contributed by atoms with Gasteiger partial charge < -0.3 is 9.80 Å². The number of halogens is 3. The highest BCUT2D eigenvalue weighted by molar-refractivity contribution is 5.80. The number of likely N-dealkylation sites (tertiary alicyclic amines) is 1. The van der Waals surface area contributed by atoms with E-state index < -0.39 is 23.3 Å². The minimum Gasteiger partial charge on any atom is -0.334 e. The van der Waals surface area contributed by atoms with Crippen LogP contribution in [-0.2, 0) is 23.8 Å². The maximum atomic E-state index is 14.3. The van der Waals surface area contributed by atoms with Crippen LogP contribution in [0.15, 0.2) is 77.1 Å². The van der Waals surface area contributed by atoms with Gasteiger partial charge in [-0.25, -0.2) is 4.68 Å². The van der Waals surface area contributed by atoms with Crippen LogP contribution in [0.1, 0.15) is 67.9 Å². The van der Waals surface area contributed by atoms with E-state index in [1.54, 1.807) is 11.6 Å². The molecule has 1 aliphatic heterocycles. The summed E-state index contributed by atoms with van der Waals surface area (Å²) in [5, 5.41) is 4.53. The summed E-state index contributed by atoms with van der Waals surface area (Å²) >= 11 is 0. The Bertz CT molecular complexity index is 1570. The van der Waals surface area contributed by atoms with Gasteiger partial charge in [-0.1, -0.05) is 60.2 Å². The van der Waals surface area contributed by atoms with E-state index >= 15 is 0 Å². The summed E-state index contributed by atoms with van der Waals surface area (Å²) in [6, 6.07) is 14.4. The topological polar surface area (TPSA) is 71.3 Å². The fraction of sp³-hybridized carbons (Fsp3) is 0.429. The fourth-order valence-corrected chi connectivity index (χ4v) is 5.54. The molecule has 1 fully saturated rings. The lowest BCUT2D eigenvalue weighted by atomic mass is 10.0. The van der Waals surface area contributed by atoms with Crippen molar-refractivity contribution in [3.8, 4) is 0 Å². The normalized spacial score (nSPS) is 16.1. The number of hydrogen-bond donors (Lipinski definition) is 0. The van der Waals surface area contributed by atoms with Crippen LogP contribution in [-0.4, -0.2) is 63.2 Å². The van der Waals surface area contributed by atoms with Gasteiger partial charge in [0.15, 0.2) is 0 Å². The fourth-order valence-electron chi connectivity index (χ4n) is 5.54. The van der Waals surface area contributed by atoms with Gasteiger partial charge in [-0.2, -0.15) is 23.3 Å². The molecule has 2 heterocycles. The number of hydrogen-bond acceptors (Lipinski definition) is 5. The maximum Gasteiger partial charge on any atom is 0.416 e. The monoisotopic (exact) mass is 621 g/mol. The van der Waals surface area contributed by atoms with Gasteiger partial charge in [0.2, 0.25) is 5.91 Å². The zero-order valence-corrected chi connectivity index (χ0v) is 26.6. The van der Waals surface area contributed by atoms with Crippen molar-refractivity contribution in [3.05, 3.63) is 111 Å². The van der Waals surface area contributed by atoms with Gasteiger partial charge in [-0.3, -0.25) is 9.59 Å². The highest BCUT2D eigenvalue weighted by Crippen LogP contribution is 2.30. The standard InChI is InChI=1S/C35H42F3N5O2/c1-24(11-12-25(2)29-14-16-30(17-15-29)35(36,37)38)23-42(31-19-21-41(5)22-20-31)34(45)27(4)43-32(39-33(44)26(3)40-43)18-13-28-9-7-6-8-10-28/h6-12,14-17,27,31H,13,18-23H2,1-5H3/b24-11+,25-12+. The molecule has 0 aliphatic carbocycles. The van der Waals surface area contributed by atoms with Gasteiger partial charge in [0.25, 0.3) is 5.56 Å². The molecular formula is C35H42F3N5O2. The third-order valence-electron chi connectivity index (χ3n) is 8.38. The first kappa shape index (κ1) is 33.8. The van der Waals surface area contributed by atoms with Crippen molar-refractivity contribution in [2.24, 2.45) is 0 Å². The number of allylic oxidation sites excluding steroid dienone is 3. The molecule has 0 spiro atoms. The summed E-state index contributed by atoms with van der Waals surface area (Å²) in [5.74, 6) is 0.375. The van der Waals surface area contributed by atoms with Gasteiger partial charge in [0.1, 0.15) is 17.6 Å². The van der Waals surface area contributed by atoms with Crippen molar-refractivity contribution in [1.29, 1.82) is 0 Å². The zero-order chi connectivity index (χ0) is 32.7. The molecule has 0 bridgehead atoms. The zero-order valence-electron chi connectivity index (χ0n) is 26.6. The number of amides is 1. The van der Waals surface area contributed by atoms with E-state index in [0.29, 0.717) is 30.8 Å². The molecule has 1 saturated heterocycles. The highest BCUT2D eigenvalue weighted by atomic mass is 19.4. The lowest BCUT2D eigenvalue weighted by molar-refractivity contribution is -0.138. The average Bonchev–Trinajstić information content (AvgIpc) is 3.02. The predicted molar refractivity (Wildman–Crippen MR) is 171 cm³/mol. The SMILES string of the molecule is C/C(=C\C=C(/C)c1ccc(C(F)(F)F)cc1)CN(C(=O)C(C)n1nc(C)c(=O)nc1CCc1ccccc1)C1CCN(C)CC1. The van der Waals surface area contributed by atoms with Crippen molar-refractivity contribution in [3.63, 3.8) is 0 Å². The summed E-state index contributed by atoms with van der Waals surface area (Å²) in [6.45, 7) is 9.35. The van der Waals surface area contributed by atoms with Crippen molar-refractivity contribution in [2.75, 3.05) is 26.7 Å². The average molecular weight is 622 g/mol. The number of aromatic nitrogens is 3. The van der Waals surface area contributed by atoms with E-state index in [4.69, 9.17) is 0 Å². The maximum absolute atomic E-state index is 14.3. The van der Waals surface area contributed by atoms with E-state index in [0.717, 1.165) is 54.8 Å². The molecule has 0 saturated carbocycles. The van der Waals surface area contributed by atoms with Crippen LogP contribution in [0.5, 0.6) is 0 Å². The summed E-state index contributed by atoms with van der Waals surface area (Å²) in [4.78, 5) is 35.2. The van der Waals surface area contributed by atoms with E-state index in [2.05, 4.69) is 22.0 Å². The third kappa shape index (κ3) is 9.00. The van der Waals surface area contributed by atoms with Gasteiger partial charge >= 0.3 is 6.18 Å². The Labute approximate surface area is 263 Å². The van der Waals surface area contributed by atoms with Gasteiger partial charge in [-0.05, 0) is 95.9 Å². The predicted octanol–water partition coefficient (Wildman–Crippen LogP) is 6.28. The Morgan fingerprint density at radius 2 is 1.67 bits per heavy atom. The van der Waals surface area contributed by atoms with Crippen molar-refractivity contribution < 1.29 is 18.0 Å². The molecule has 3 aromatic rings. The molecule has 1 unspecified atom stereocenters. The minimum atomic E-state index is -4.38. The second-order valence-corrected chi connectivity index (χ2v) is 12.0. The minimum absolute atomic E-state index is 0.0284. The summed E-state index contributed by atoms with van der Waals surface area (Å²) < 4.78 is 40.6. The molecular weight excluding hydrogens is 579 g/mol. The van der Waals surface area contributed by atoms with Crippen molar-refractivity contribution in [1.82, 2.24) is 24.6 Å². The smallest absolute Gasteiger partial charge is 0.334 e. The van der Waals surface area contributed by atoms with Crippen LogP contribution >= 0.6 is 0 Å². The summed E-state index contributed by atoms with van der Waals surface area (Å²) in [7, 11) is 2.07. The number of benzene rings is 2. The van der Waals surface area contributed by atoms with Crippen LogP contribution in [0.25, 0.3) is 5.57 Å². The Hall–Kier alpha value is -4.05. The molecule has 0 N–H and O–H groups in total. The van der Waals surface area contributed by atoms with E-state index in [1.165, 1.54) is 12.1 Å². The van der Waals surface area contributed by atoms with E-state index in [9.17, 15) is 22.8 Å². The summed E-state index contributed by atoms with van der Waals surface area (Å²) in [5.41, 5.74) is 2.71. The molecule has 10 heteroatoms. The first-order valence-electron chi connectivity index (χ1n) is 15.3. The first-order chi connectivity index (χ1) is 21.3. The van der Waals surface area contributed by atoms with Crippen molar-refractivity contribution in [2.45, 2.75) is 71.6 Å². The highest BCUT2D eigenvalue weighted by Gasteiger charge is 2.32. The van der Waals surface area contributed by atoms with Crippen LogP contribution in [0, 0.1) is 6.92 Å².